The van der Waals surface area contributed by atoms with Gasteiger partial charge in [0.2, 0.25) is 0 Å². The number of hydrogen-bond donors (Lipinski definition) is 2. The highest BCUT2D eigenvalue weighted by Gasteiger charge is 2.24. The molecule has 1 aliphatic heterocycles. The Hall–Kier alpha value is -0.730. The monoisotopic (exact) mass is 452 g/mol. The third kappa shape index (κ3) is 7.03. The number of carbonyl (C=O) groups excluding carboxylic acids is 1. The summed E-state index contributed by atoms with van der Waals surface area (Å²) in [6.45, 7) is 6.85. The van der Waals surface area contributed by atoms with Gasteiger partial charge in [0.05, 0.1) is 6.61 Å². The molecule has 6 nitrogen and oxygen atoms in total. The van der Waals surface area contributed by atoms with Crippen molar-refractivity contribution in [1.82, 2.24) is 10.2 Å². The molecule has 0 unspecified atom stereocenters. The van der Waals surface area contributed by atoms with Gasteiger partial charge in [0.1, 0.15) is 0 Å². The predicted molar refractivity (Wildman–Crippen MR) is 108 cm³/mol. The predicted octanol–water partition coefficient (Wildman–Crippen LogP) is 2.96. The van der Waals surface area contributed by atoms with Crippen LogP contribution in [0.5, 0.6) is 0 Å². The molecule has 0 spiro atoms. The van der Waals surface area contributed by atoms with Crippen LogP contribution < -0.4 is 11.1 Å². The molecular weight excluding hydrogens is 419 g/mol. The fourth-order valence-corrected chi connectivity index (χ4v) is 3.42. The molecular formula is C17H33IN4O2. The average Bonchev–Trinajstić information content (AvgIpc) is 2.55. The SMILES string of the molecule is CCOC(=O)N1CCC(NC(N)=NCC2CCC(C)CC2)CC1.I. The highest BCUT2D eigenvalue weighted by molar-refractivity contribution is 14.0. The van der Waals surface area contributed by atoms with E-state index in [1.54, 1.807) is 4.90 Å². The summed E-state index contributed by atoms with van der Waals surface area (Å²) >= 11 is 0. The number of nitrogens with zero attached hydrogens (tertiary/aromatic N) is 2. The standard InChI is InChI=1S/C17H32N4O2.HI/c1-3-23-17(22)21-10-8-15(9-11-21)20-16(18)19-12-14-6-4-13(2)5-7-14;/h13-15H,3-12H2,1-2H3,(H3,18,19,20);1H. The molecule has 1 amide bonds. The first-order valence-corrected chi connectivity index (χ1v) is 9.06. The first kappa shape index (κ1) is 21.3. The van der Waals surface area contributed by atoms with E-state index in [0.717, 1.165) is 25.3 Å². The zero-order chi connectivity index (χ0) is 16.7. The van der Waals surface area contributed by atoms with Gasteiger partial charge in [-0.15, -0.1) is 24.0 Å². The summed E-state index contributed by atoms with van der Waals surface area (Å²) in [6.07, 6.45) is 6.75. The maximum absolute atomic E-state index is 11.7. The molecule has 2 rings (SSSR count). The number of nitrogens with one attached hydrogen (secondary N) is 1. The van der Waals surface area contributed by atoms with Crippen LogP contribution in [0.4, 0.5) is 4.79 Å². The van der Waals surface area contributed by atoms with E-state index < -0.39 is 0 Å². The van der Waals surface area contributed by atoms with E-state index in [1.165, 1.54) is 25.7 Å². The Labute approximate surface area is 163 Å². The summed E-state index contributed by atoms with van der Waals surface area (Å²) < 4.78 is 5.03. The highest BCUT2D eigenvalue weighted by atomic mass is 127. The van der Waals surface area contributed by atoms with E-state index in [1.807, 2.05) is 6.92 Å². The van der Waals surface area contributed by atoms with E-state index in [4.69, 9.17) is 10.5 Å². The van der Waals surface area contributed by atoms with Crippen LogP contribution in [-0.2, 0) is 4.74 Å². The molecule has 2 aliphatic rings. The van der Waals surface area contributed by atoms with Gasteiger partial charge in [-0.1, -0.05) is 19.8 Å². The summed E-state index contributed by atoms with van der Waals surface area (Å²) in [6, 6.07) is 0.302. The van der Waals surface area contributed by atoms with Crippen molar-refractivity contribution in [2.24, 2.45) is 22.6 Å². The summed E-state index contributed by atoms with van der Waals surface area (Å²) in [5.74, 6) is 2.12. The van der Waals surface area contributed by atoms with Gasteiger partial charge >= 0.3 is 6.09 Å². The lowest BCUT2D eigenvalue weighted by molar-refractivity contribution is 0.0963. The van der Waals surface area contributed by atoms with Crippen LogP contribution >= 0.6 is 24.0 Å². The number of piperidine rings is 1. The van der Waals surface area contributed by atoms with Gasteiger partial charge in [-0.2, -0.15) is 0 Å². The minimum Gasteiger partial charge on any atom is -0.450 e. The Morgan fingerprint density at radius 3 is 2.42 bits per heavy atom. The van der Waals surface area contributed by atoms with Crippen LogP contribution in [0.25, 0.3) is 0 Å². The fourth-order valence-electron chi connectivity index (χ4n) is 3.42. The van der Waals surface area contributed by atoms with Gasteiger partial charge in [-0.3, -0.25) is 4.99 Å². The van der Waals surface area contributed by atoms with E-state index in [9.17, 15) is 4.79 Å². The number of nitrogens with two attached hydrogens (primary N) is 1. The topological polar surface area (TPSA) is 80.0 Å². The molecule has 1 aliphatic carbocycles. The van der Waals surface area contributed by atoms with Crippen molar-refractivity contribution in [3.63, 3.8) is 0 Å². The first-order chi connectivity index (χ1) is 11.1. The largest absolute Gasteiger partial charge is 0.450 e. The van der Waals surface area contributed by atoms with Gasteiger partial charge in [0.25, 0.3) is 0 Å². The normalized spacial score (nSPS) is 25.8. The van der Waals surface area contributed by atoms with Crippen molar-refractivity contribution in [2.45, 2.75) is 58.4 Å². The second kappa shape index (κ2) is 11.0. The van der Waals surface area contributed by atoms with Crippen LogP contribution in [0.15, 0.2) is 4.99 Å². The maximum Gasteiger partial charge on any atom is 0.409 e. The molecule has 0 bridgehead atoms. The zero-order valence-corrected chi connectivity index (χ0v) is 17.3. The molecule has 0 aromatic carbocycles. The Morgan fingerprint density at radius 2 is 1.83 bits per heavy atom. The van der Waals surface area contributed by atoms with Crippen LogP contribution in [0.3, 0.4) is 0 Å². The third-order valence-electron chi connectivity index (χ3n) is 5.03. The van der Waals surface area contributed by atoms with Gasteiger partial charge in [-0.25, -0.2) is 4.79 Å². The molecule has 3 N–H and O–H groups in total. The highest BCUT2D eigenvalue weighted by Crippen LogP contribution is 2.28. The minimum atomic E-state index is -0.209. The van der Waals surface area contributed by atoms with Crippen molar-refractivity contribution >= 4 is 36.0 Å². The second-order valence-corrected chi connectivity index (χ2v) is 6.96. The average molecular weight is 452 g/mol. The van der Waals surface area contributed by atoms with Crippen molar-refractivity contribution in [2.75, 3.05) is 26.2 Å². The summed E-state index contributed by atoms with van der Waals surface area (Å²) in [5, 5.41) is 3.31. The molecule has 0 aromatic heterocycles. The molecule has 1 saturated heterocycles. The molecule has 24 heavy (non-hydrogen) atoms. The molecule has 2 fully saturated rings. The quantitative estimate of drug-likeness (QED) is 0.391. The molecule has 0 radical (unpaired) electrons. The fraction of sp³-hybridized carbons (Fsp3) is 0.882. The summed E-state index contributed by atoms with van der Waals surface area (Å²) in [5.41, 5.74) is 6.02. The van der Waals surface area contributed by atoms with Crippen LogP contribution in [0.2, 0.25) is 0 Å². The second-order valence-electron chi connectivity index (χ2n) is 6.96. The molecule has 1 heterocycles. The van der Waals surface area contributed by atoms with Crippen LogP contribution in [0.1, 0.15) is 52.4 Å². The van der Waals surface area contributed by atoms with E-state index in [2.05, 4.69) is 17.2 Å². The lowest BCUT2D eigenvalue weighted by atomic mass is 9.83. The van der Waals surface area contributed by atoms with E-state index in [-0.39, 0.29) is 30.1 Å². The number of amides is 1. The van der Waals surface area contributed by atoms with Crippen molar-refractivity contribution in [3.8, 4) is 0 Å². The number of aliphatic imine (C=N–C) groups is 1. The van der Waals surface area contributed by atoms with Crippen LogP contribution in [-0.4, -0.2) is 49.2 Å². The van der Waals surface area contributed by atoms with Gasteiger partial charge in [0.15, 0.2) is 5.96 Å². The number of likely N-dealkylation sites (tertiary alicyclic amines) is 1. The Kier molecular flexibility index (Phi) is 9.76. The summed E-state index contributed by atoms with van der Waals surface area (Å²) in [7, 11) is 0. The first-order valence-electron chi connectivity index (χ1n) is 9.06. The molecule has 1 saturated carbocycles. The number of rotatable bonds is 4. The Morgan fingerprint density at radius 1 is 1.21 bits per heavy atom. The van der Waals surface area contributed by atoms with Gasteiger partial charge in [-0.05, 0) is 44.4 Å². The van der Waals surface area contributed by atoms with Crippen molar-refractivity contribution < 1.29 is 9.53 Å². The number of halogens is 1. The third-order valence-corrected chi connectivity index (χ3v) is 5.03. The lowest BCUT2D eigenvalue weighted by Gasteiger charge is -2.32. The molecule has 0 aromatic rings. The Balaban J connectivity index is 0.00000288. The van der Waals surface area contributed by atoms with Gasteiger partial charge < -0.3 is 20.7 Å². The lowest BCUT2D eigenvalue weighted by Crippen LogP contribution is -2.48. The Bertz CT molecular complexity index is 403. The molecule has 140 valence electrons. The van der Waals surface area contributed by atoms with Crippen LogP contribution in [0, 0.1) is 11.8 Å². The number of hydrogen-bond acceptors (Lipinski definition) is 3. The number of ether oxygens (including phenoxy) is 1. The summed E-state index contributed by atoms with van der Waals surface area (Å²) in [4.78, 5) is 18.0. The van der Waals surface area contributed by atoms with E-state index in [0.29, 0.717) is 37.6 Å². The molecule has 7 heteroatoms. The number of guanidine groups is 1. The van der Waals surface area contributed by atoms with Gasteiger partial charge in [0, 0.05) is 25.7 Å². The maximum atomic E-state index is 11.7. The van der Waals surface area contributed by atoms with Crippen molar-refractivity contribution in [1.29, 1.82) is 0 Å². The van der Waals surface area contributed by atoms with Crippen molar-refractivity contribution in [3.05, 3.63) is 0 Å². The smallest absolute Gasteiger partial charge is 0.409 e. The van der Waals surface area contributed by atoms with E-state index >= 15 is 0 Å². The zero-order valence-electron chi connectivity index (χ0n) is 15.0. The minimum absolute atomic E-state index is 0. The number of carbonyl (C=O) groups is 1. The molecule has 0 atom stereocenters.